The maximum Gasteiger partial charge on any atom is 0.234 e. The Morgan fingerprint density at radius 1 is 1.58 bits per heavy atom. The van der Waals surface area contributed by atoms with Crippen molar-refractivity contribution in [3.05, 3.63) is 11.8 Å². The molecule has 1 rings (SSSR count). The first-order valence-corrected chi connectivity index (χ1v) is 3.58. The minimum atomic E-state index is -0.852. The maximum atomic E-state index is 11.3. The molecule has 1 aliphatic heterocycles. The van der Waals surface area contributed by atoms with E-state index in [4.69, 9.17) is 5.73 Å². The molecule has 1 amide bonds. The summed E-state index contributed by atoms with van der Waals surface area (Å²) in [5.74, 6) is -1.72. The summed E-state index contributed by atoms with van der Waals surface area (Å²) >= 11 is 0. The van der Waals surface area contributed by atoms with Crippen LogP contribution in [0.5, 0.6) is 0 Å². The smallest absolute Gasteiger partial charge is 0.234 e. The van der Waals surface area contributed by atoms with Crippen LogP contribution < -0.4 is 5.73 Å². The van der Waals surface area contributed by atoms with Crippen LogP contribution in [-0.4, -0.2) is 17.4 Å². The molecule has 1 unspecified atom stereocenters. The van der Waals surface area contributed by atoms with Gasteiger partial charge in [-0.15, -0.1) is 0 Å². The minimum absolute atomic E-state index is 0.241. The van der Waals surface area contributed by atoms with Crippen molar-refractivity contribution in [3.8, 4) is 0 Å². The van der Waals surface area contributed by atoms with E-state index in [0.717, 1.165) is 0 Å². The van der Waals surface area contributed by atoms with Gasteiger partial charge in [0, 0.05) is 17.5 Å². The van der Waals surface area contributed by atoms with Gasteiger partial charge in [0.05, 0.1) is 0 Å². The lowest BCUT2D eigenvalue weighted by Gasteiger charge is -2.15. The first-order valence-electron chi connectivity index (χ1n) is 3.58. The van der Waals surface area contributed by atoms with E-state index in [-0.39, 0.29) is 5.78 Å². The number of primary amides is 1. The van der Waals surface area contributed by atoms with E-state index in [1.165, 1.54) is 6.20 Å². The normalized spacial score (nSPS) is 23.2. The van der Waals surface area contributed by atoms with Crippen LogP contribution in [0.4, 0.5) is 0 Å². The average Bonchev–Trinajstić information content (AvgIpc) is 1.97. The molecule has 0 radical (unpaired) electrons. The highest BCUT2D eigenvalue weighted by atomic mass is 16.2. The molecule has 1 aliphatic rings. The molecule has 0 bridgehead atoms. The summed E-state index contributed by atoms with van der Waals surface area (Å²) in [5.41, 5.74) is 5.99. The number of carbonyl (C=O) groups excluding carboxylic acids is 2. The van der Waals surface area contributed by atoms with Crippen LogP contribution in [0.25, 0.3) is 0 Å². The molecule has 0 aromatic rings. The van der Waals surface area contributed by atoms with Gasteiger partial charge in [-0.3, -0.25) is 14.6 Å². The van der Waals surface area contributed by atoms with Crippen molar-refractivity contribution in [1.29, 1.82) is 0 Å². The second-order valence-electron chi connectivity index (χ2n) is 2.78. The van der Waals surface area contributed by atoms with Crippen molar-refractivity contribution < 1.29 is 9.59 Å². The van der Waals surface area contributed by atoms with Crippen LogP contribution in [0.1, 0.15) is 13.8 Å². The van der Waals surface area contributed by atoms with Crippen LogP contribution >= 0.6 is 0 Å². The lowest BCUT2D eigenvalue weighted by Crippen LogP contribution is -2.37. The lowest BCUT2D eigenvalue weighted by atomic mass is 9.92. The van der Waals surface area contributed by atoms with Gasteiger partial charge in [0.2, 0.25) is 5.91 Å². The zero-order chi connectivity index (χ0) is 9.30. The van der Waals surface area contributed by atoms with Gasteiger partial charge >= 0.3 is 0 Å². The van der Waals surface area contributed by atoms with E-state index in [9.17, 15) is 9.59 Å². The third kappa shape index (κ3) is 1.28. The van der Waals surface area contributed by atoms with E-state index in [1.54, 1.807) is 13.8 Å². The van der Waals surface area contributed by atoms with Crippen LogP contribution in [0.2, 0.25) is 0 Å². The number of rotatable bonds is 1. The molecule has 4 nitrogen and oxygen atoms in total. The molecule has 0 saturated heterocycles. The number of nitrogens with zero attached hydrogens (tertiary/aromatic N) is 1. The van der Waals surface area contributed by atoms with E-state index in [0.29, 0.717) is 11.3 Å². The number of Topliss-reactive ketones (excluding diaryl/α,β-unsaturated/α-hetero) is 1. The highest BCUT2D eigenvalue weighted by molar-refractivity contribution is 6.25. The Morgan fingerprint density at radius 2 is 2.17 bits per heavy atom. The second-order valence-corrected chi connectivity index (χ2v) is 2.78. The summed E-state index contributed by atoms with van der Waals surface area (Å²) in [6, 6.07) is 0. The number of carbonyl (C=O) groups is 2. The summed E-state index contributed by atoms with van der Waals surface area (Å²) in [7, 11) is 0. The fourth-order valence-electron chi connectivity index (χ4n) is 1.09. The van der Waals surface area contributed by atoms with Crippen LogP contribution in [0.15, 0.2) is 16.8 Å². The molecule has 4 heteroatoms. The van der Waals surface area contributed by atoms with E-state index in [2.05, 4.69) is 4.99 Å². The highest BCUT2D eigenvalue weighted by Gasteiger charge is 2.30. The molecule has 0 aromatic carbocycles. The zero-order valence-corrected chi connectivity index (χ0v) is 7.00. The molecule has 0 saturated carbocycles. The summed E-state index contributed by atoms with van der Waals surface area (Å²) in [6.07, 6.45) is 1.46. The molecular weight excluding hydrogens is 156 g/mol. The molecule has 0 aromatic heterocycles. The highest BCUT2D eigenvalue weighted by Crippen LogP contribution is 2.14. The van der Waals surface area contributed by atoms with Gasteiger partial charge in [-0.2, -0.15) is 0 Å². The summed E-state index contributed by atoms with van der Waals surface area (Å²) in [6.45, 7) is 3.24. The van der Waals surface area contributed by atoms with Crippen LogP contribution in [0, 0.1) is 5.92 Å². The monoisotopic (exact) mass is 166 g/mol. The SMILES string of the molecule is CC1=CN=C(C)C(C(N)=O)C1=O. The van der Waals surface area contributed by atoms with Crippen molar-refractivity contribution in [2.24, 2.45) is 16.6 Å². The van der Waals surface area contributed by atoms with Gasteiger partial charge < -0.3 is 5.73 Å². The minimum Gasteiger partial charge on any atom is -0.369 e. The van der Waals surface area contributed by atoms with Gasteiger partial charge in [-0.05, 0) is 13.8 Å². The molecule has 0 aliphatic carbocycles. The number of ketones is 1. The third-order valence-electron chi connectivity index (χ3n) is 1.81. The Labute approximate surface area is 70.2 Å². The lowest BCUT2D eigenvalue weighted by molar-refractivity contribution is -0.127. The van der Waals surface area contributed by atoms with Crippen LogP contribution in [0.3, 0.4) is 0 Å². The molecule has 0 spiro atoms. The molecular formula is C8H10N2O2. The number of hydrogen-bond donors (Lipinski definition) is 1. The predicted octanol–water partition coefficient (Wildman–Crippen LogP) is 0.0353. The Balaban J connectivity index is 3.05. The van der Waals surface area contributed by atoms with Crippen molar-refractivity contribution in [3.63, 3.8) is 0 Å². The number of allylic oxidation sites excluding steroid dienone is 1. The van der Waals surface area contributed by atoms with Gasteiger partial charge in [0.1, 0.15) is 5.92 Å². The molecule has 0 fully saturated rings. The van der Waals surface area contributed by atoms with Gasteiger partial charge in [0.15, 0.2) is 5.78 Å². The molecule has 2 N–H and O–H groups in total. The molecule has 64 valence electrons. The first-order chi connectivity index (χ1) is 5.54. The molecule has 12 heavy (non-hydrogen) atoms. The maximum absolute atomic E-state index is 11.3. The van der Waals surface area contributed by atoms with Crippen molar-refractivity contribution in [2.75, 3.05) is 0 Å². The van der Waals surface area contributed by atoms with E-state index in [1.807, 2.05) is 0 Å². The zero-order valence-electron chi connectivity index (χ0n) is 7.00. The van der Waals surface area contributed by atoms with Crippen molar-refractivity contribution in [1.82, 2.24) is 0 Å². The number of nitrogens with two attached hydrogens (primary N) is 1. The summed E-state index contributed by atoms with van der Waals surface area (Å²) < 4.78 is 0. The second kappa shape index (κ2) is 2.89. The first kappa shape index (κ1) is 8.64. The number of hydrogen-bond acceptors (Lipinski definition) is 3. The number of amides is 1. The Morgan fingerprint density at radius 3 is 2.58 bits per heavy atom. The quantitative estimate of drug-likeness (QED) is 0.558. The fourth-order valence-corrected chi connectivity index (χ4v) is 1.09. The van der Waals surface area contributed by atoms with Crippen LogP contribution in [-0.2, 0) is 9.59 Å². The summed E-state index contributed by atoms with van der Waals surface area (Å²) in [5, 5.41) is 0. The standard InChI is InChI=1S/C8H10N2O2/c1-4-3-10-5(2)6(7(4)11)8(9)12/h3,6H,1-2H3,(H2,9,12). The Bertz CT molecular complexity index is 300. The van der Waals surface area contributed by atoms with Gasteiger partial charge in [0.25, 0.3) is 0 Å². The fraction of sp³-hybridized carbons (Fsp3) is 0.375. The van der Waals surface area contributed by atoms with Gasteiger partial charge in [-0.25, -0.2) is 0 Å². The largest absolute Gasteiger partial charge is 0.369 e. The average molecular weight is 166 g/mol. The van der Waals surface area contributed by atoms with E-state index >= 15 is 0 Å². The Hall–Kier alpha value is -1.45. The topological polar surface area (TPSA) is 72.5 Å². The van der Waals surface area contributed by atoms with E-state index < -0.39 is 11.8 Å². The van der Waals surface area contributed by atoms with Gasteiger partial charge in [-0.1, -0.05) is 0 Å². The summed E-state index contributed by atoms with van der Waals surface area (Å²) in [4.78, 5) is 26.0. The number of aliphatic imine (C=N–C) groups is 1. The third-order valence-corrected chi connectivity index (χ3v) is 1.81. The Kier molecular flexibility index (Phi) is 2.08. The van der Waals surface area contributed by atoms with Crippen molar-refractivity contribution in [2.45, 2.75) is 13.8 Å². The molecule has 1 heterocycles. The molecule has 1 atom stereocenters. The van der Waals surface area contributed by atoms with Crippen molar-refractivity contribution >= 4 is 17.4 Å². The predicted molar refractivity (Wildman–Crippen MR) is 44.6 cm³/mol.